The summed E-state index contributed by atoms with van der Waals surface area (Å²) in [5.74, 6) is 0.108. The molecule has 0 bridgehead atoms. The Kier molecular flexibility index (Phi) is 6.68. The number of halogens is 1. The lowest BCUT2D eigenvalue weighted by Gasteiger charge is -2.25. The van der Waals surface area contributed by atoms with E-state index in [1.807, 2.05) is 24.0 Å². The summed E-state index contributed by atoms with van der Waals surface area (Å²) in [6.07, 6.45) is 1.84. The zero-order chi connectivity index (χ0) is 13.5. The Hall–Kier alpha value is -0.580. The standard InChI is InChI=1S/C13H21ClN2OS/c1-3-5-10(8-15)13(17)16(4-2)9-11-6-7-12(14)18-11/h6-7,10H,3-5,8-9,15H2,1-2H3. The molecule has 3 nitrogen and oxygen atoms in total. The quantitative estimate of drug-likeness (QED) is 0.838. The van der Waals surface area contributed by atoms with E-state index in [-0.39, 0.29) is 11.8 Å². The Balaban J connectivity index is 2.67. The molecule has 2 N–H and O–H groups in total. The molecule has 1 aromatic heterocycles. The van der Waals surface area contributed by atoms with Crippen LogP contribution < -0.4 is 5.73 Å². The maximum absolute atomic E-state index is 12.3. The number of thiophene rings is 1. The predicted molar refractivity (Wildman–Crippen MR) is 77.9 cm³/mol. The summed E-state index contributed by atoms with van der Waals surface area (Å²) < 4.78 is 0.762. The molecule has 0 aromatic carbocycles. The van der Waals surface area contributed by atoms with Gasteiger partial charge in [0.05, 0.1) is 16.8 Å². The van der Waals surface area contributed by atoms with Gasteiger partial charge in [-0.25, -0.2) is 0 Å². The summed E-state index contributed by atoms with van der Waals surface area (Å²) in [6.45, 7) is 5.83. The van der Waals surface area contributed by atoms with E-state index in [0.717, 1.165) is 22.1 Å². The average molecular weight is 289 g/mol. The highest BCUT2D eigenvalue weighted by Gasteiger charge is 2.21. The van der Waals surface area contributed by atoms with Crippen LogP contribution in [0.4, 0.5) is 0 Å². The number of amides is 1. The van der Waals surface area contributed by atoms with Crippen molar-refractivity contribution in [3.63, 3.8) is 0 Å². The van der Waals surface area contributed by atoms with Crippen molar-refractivity contribution in [1.29, 1.82) is 0 Å². The molecule has 18 heavy (non-hydrogen) atoms. The van der Waals surface area contributed by atoms with Crippen molar-refractivity contribution < 1.29 is 4.79 Å². The molecule has 0 saturated heterocycles. The van der Waals surface area contributed by atoms with Gasteiger partial charge in [-0.05, 0) is 25.5 Å². The van der Waals surface area contributed by atoms with Crippen LogP contribution in [-0.2, 0) is 11.3 Å². The van der Waals surface area contributed by atoms with Crippen LogP contribution >= 0.6 is 22.9 Å². The summed E-state index contributed by atoms with van der Waals surface area (Å²) in [6, 6.07) is 3.84. The minimum Gasteiger partial charge on any atom is -0.338 e. The number of nitrogens with zero attached hydrogens (tertiary/aromatic N) is 1. The van der Waals surface area contributed by atoms with Crippen molar-refractivity contribution in [1.82, 2.24) is 4.90 Å². The molecule has 1 aromatic rings. The molecule has 1 rings (SSSR count). The van der Waals surface area contributed by atoms with Crippen LogP contribution in [0.5, 0.6) is 0 Å². The van der Waals surface area contributed by atoms with Crippen LogP contribution in [-0.4, -0.2) is 23.9 Å². The molecule has 0 aliphatic rings. The number of carbonyl (C=O) groups excluding carboxylic acids is 1. The molecule has 0 fully saturated rings. The lowest BCUT2D eigenvalue weighted by molar-refractivity contribution is -0.135. The van der Waals surface area contributed by atoms with Gasteiger partial charge in [-0.3, -0.25) is 4.79 Å². The molecular weight excluding hydrogens is 268 g/mol. The van der Waals surface area contributed by atoms with Gasteiger partial charge in [0, 0.05) is 18.0 Å². The molecule has 5 heteroatoms. The summed E-state index contributed by atoms with van der Waals surface area (Å²) in [4.78, 5) is 15.3. The third kappa shape index (κ3) is 4.26. The van der Waals surface area contributed by atoms with E-state index in [2.05, 4.69) is 6.92 Å². The first kappa shape index (κ1) is 15.5. The Morgan fingerprint density at radius 2 is 2.22 bits per heavy atom. The molecule has 0 saturated carbocycles. The van der Waals surface area contributed by atoms with E-state index in [1.165, 1.54) is 11.3 Å². The highest BCUT2D eigenvalue weighted by molar-refractivity contribution is 7.16. The fourth-order valence-electron chi connectivity index (χ4n) is 1.92. The van der Waals surface area contributed by atoms with Crippen molar-refractivity contribution in [3.8, 4) is 0 Å². The van der Waals surface area contributed by atoms with Crippen LogP contribution in [0.2, 0.25) is 4.34 Å². The maximum Gasteiger partial charge on any atom is 0.227 e. The minimum absolute atomic E-state index is 0.0506. The molecule has 0 aliphatic carbocycles. The monoisotopic (exact) mass is 288 g/mol. The van der Waals surface area contributed by atoms with Crippen molar-refractivity contribution in [3.05, 3.63) is 21.3 Å². The Labute approximate surface area is 118 Å². The van der Waals surface area contributed by atoms with Crippen molar-refractivity contribution in [2.24, 2.45) is 11.7 Å². The van der Waals surface area contributed by atoms with Gasteiger partial charge in [0.2, 0.25) is 5.91 Å². The van der Waals surface area contributed by atoms with Crippen LogP contribution in [0.3, 0.4) is 0 Å². The maximum atomic E-state index is 12.3. The Bertz CT molecular complexity index is 381. The molecular formula is C13H21ClN2OS. The molecule has 0 aliphatic heterocycles. The zero-order valence-electron chi connectivity index (χ0n) is 11.0. The second-order valence-electron chi connectivity index (χ2n) is 4.28. The smallest absolute Gasteiger partial charge is 0.227 e. The highest BCUT2D eigenvalue weighted by atomic mass is 35.5. The molecule has 0 radical (unpaired) electrons. The topological polar surface area (TPSA) is 46.3 Å². The number of hydrogen-bond acceptors (Lipinski definition) is 3. The van der Waals surface area contributed by atoms with Gasteiger partial charge in [-0.1, -0.05) is 24.9 Å². The normalized spacial score (nSPS) is 12.4. The molecule has 1 heterocycles. The van der Waals surface area contributed by atoms with Gasteiger partial charge >= 0.3 is 0 Å². The second kappa shape index (κ2) is 7.77. The fraction of sp³-hybridized carbons (Fsp3) is 0.615. The van der Waals surface area contributed by atoms with Gasteiger partial charge in [0.15, 0.2) is 0 Å². The van der Waals surface area contributed by atoms with Gasteiger partial charge < -0.3 is 10.6 Å². The number of rotatable bonds is 7. The van der Waals surface area contributed by atoms with Crippen LogP contribution in [0, 0.1) is 5.92 Å². The summed E-state index contributed by atoms with van der Waals surface area (Å²) in [5, 5.41) is 0. The van der Waals surface area contributed by atoms with E-state index in [9.17, 15) is 4.79 Å². The van der Waals surface area contributed by atoms with Crippen molar-refractivity contribution in [2.75, 3.05) is 13.1 Å². The second-order valence-corrected chi connectivity index (χ2v) is 6.08. The van der Waals surface area contributed by atoms with E-state index in [4.69, 9.17) is 17.3 Å². The first-order valence-electron chi connectivity index (χ1n) is 6.35. The molecule has 102 valence electrons. The first-order chi connectivity index (χ1) is 8.62. The summed E-state index contributed by atoms with van der Waals surface area (Å²) >= 11 is 7.42. The highest BCUT2D eigenvalue weighted by Crippen LogP contribution is 2.23. The zero-order valence-corrected chi connectivity index (χ0v) is 12.6. The number of hydrogen-bond donors (Lipinski definition) is 1. The van der Waals surface area contributed by atoms with Crippen molar-refractivity contribution in [2.45, 2.75) is 33.2 Å². The average Bonchev–Trinajstić information content (AvgIpc) is 2.77. The van der Waals surface area contributed by atoms with Gasteiger partial charge in [-0.2, -0.15) is 0 Å². The summed E-state index contributed by atoms with van der Waals surface area (Å²) in [5.41, 5.74) is 5.68. The first-order valence-corrected chi connectivity index (χ1v) is 7.54. The molecule has 0 spiro atoms. The number of carbonyl (C=O) groups is 1. The van der Waals surface area contributed by atoms with E-state index in [0.29, 0.717) is 19.6 Å². The molecule has 1 amide bonds. The minimum atomic E-state index is -0.0506. The van der Waals surface area contributed by atoms with Crippen LogP contribution in [0.1, 0.15) is 31.6 Å². The van der Waals surface area contributed by atoms with Crippen molar-refractivity contribution >= 4 is 28.8 Å². The Morgan fingerprint density at radius 1 is 1.50 bits per heavy atom. The summed E-state index contributed by atoms with van der Waals surface area (Å²) in [7, 11) is 0. The van der Waals surface area contributed by atoms with Crippen LogP contribution in [0.25, 0.3) is 0 Å². The van der Waals surface area contributed by atoms with E-state index >= 15 is 0 Å². The Morgan fingerprint density at radius 3 is 2.67 bits per heavy atom. The molecule has 1 unspecified atom stereocenters. The number of nitrogens with two attached hydrogens (primary N) is 1. The molecule has 1 atom stereocenters. The third-order valence-electron chi connectivity index (χ3n) is 2.94. The van der Waals surface area contributed by atoms with Gasteiger partial charge in [0.25, 0.3) is 0 Å². The van der Waals surface area contributed by atoms with Crippen LogP contribution in [0.15, 0.2) is 12.1 Å². The van der Waals surface area contributed by atoms with E-state index < -0.39 is 0 Å². The van der Waals surface area contributed by atoms with E-state index in [1.54, 1.807) is 0 Å². The third-order valence-corrected chi connectivity index (χ3v) is 4.16. The van der Waals surface area contributed by atoms with Gasteiger partial charge in [0.1, 0.15) is 0 Å². The SMILES string of the molecule is CCCC(CN)C(=O)N(CC)Cc1ccc(Cl)s1. The predicted octanol–water partition coefficient (Wildman–Crippen LogP) is 3.13. The lowest BCUT2D eigenvalue weighted by Crippen LogP contribution is -2.38. The fourth-order valence-corrected chi connectivity index (χ4v) is 3.02. The lowest BCUT2D eigenvalue weighted by atomic mass is 10.0. The largest absolute Gasteiger partial charge is 0.338 e. The van der Waals surface area contributed by atoms with Gasteiger partial charge in [-0.15, -0.1) is 11.3 Å².